The summed E-state index contributed by atoms with van der Waals surface area (Å²) in [7, 11) is 0. The van der Waals surface area contributed by atoms with Crippen LogP contribution in [0.1, 0.15) is 29.8 Å². The molecule has 1 aliphatic heterocycles. The first-order valence-corrected chi connectivity index (χ1v) is 5.13. The zero-order valence-electron chi connectivity index (χ0n) is 9.23. The maximum atomic E-state index is 10.8. The van der Waals surface area contributed by atoms with Gasteiger partial charge >= 0.3 is 5.97 Å². The summed E-state index contributed by atoms with van der Waals surface area (Å²) in [6.45, 7) is 3.36. The van der Waals surface area contributed by atoms with E-state index in [9.17, 15) is 9.90 Å². The van der Waals surface area contributed by atoms with Gasteiger partial charge in [0, 0.05) is 6.42 Å². The minimum absolute atomic E-state index is 0.249. The molecule has 4 nitrogen and oxygen atoms in total. The Bertz CT molecular complexity index is 431. The standard InChI is InChI=1S/C12H14O4/c1-12(2,15)10-6-8-5-7(11(13)14)3-4-9(8)16-10/h3-5,10,15H,6H2,1-2H3,(H,13,14). The molecule has 1 unspecified atom stereocenters. The van der Waals surface area contributed by atoms with Crippen molar-refractivity contribution in [3.63, 3.8) is 0 Å². The number of ether oxygens (including phenoxy) is 1. The molecule has 16 heavy (non-hydrogen) atoms. The Labute approximate surface area is 93.5 Å². The van der Waals surface area contributed by atoms with E-state index in [4.69, 9.17) is 9.84 Å². The number of rotatable bonds is 2. The molecule has 0 amide bonds. The Balaban J connectivity index is 2.28. The van der Waals surface area contributed by atoms with Crippen LogP contribution >= 0.6 is 0 Å². The molecule has 1 atom stereocenters. The van der Waals surface area contributed by atoms with Gasteiger partial charge in [-0.05, 0) is 37.6 Å². The number of carboxylic acid groups (broad SMARTS) is 1. The van der Waals surface area contributed by atoms with E-state index >= 15 is 0 Å². The van der Waals surface area contributed by atoms with Crippen LogP contribution in [0.15, 0.2) is 18.2 Å². The highest BCUT2D eigenvalue weighted by Gasteiger charge is 2.34. The van der Waals surface area contributed by atoms with Crippen LogP contribution in [-0.2, 0) is 6.42 Å². The van der Waals surface area contributed by atoms with Crippen molar-refractivity contribution in [2.24, 2.45) is 0 Å². The van der Waals surface area contributed by atoms with Crippen LogP contribution in [0.25, 0.3) is 0 Å². The second kappa shape index (κ2) is 3.49. The summed E-state index contributed by atoms with van der Waals surface area (Å²) in [5.41, 5.74) is 0.161. The topological polar surface area (TPSA) is 66.8 Å². The average Bonchev–Trinajstić information content (AvgIpc) is 2.58. The summed E-state index contributed by atoms with van der Waals surface area (Å²) in [6, 6.07) is 4.75. The lowest BCUT2D eigenvalue weighted by Gasteiger charge is -2.24. The van der Waals surface area contributed by atoms with E-state index in [0.29, 0.717) is 12.2 Å². The van der Waals surface area contributed by atoms with E-state index in [2.05, 4.69) is 0 Å². The summed E-state index contributed by atoms with van der Waals surface area (Å²) in [5, 5.41) is 18.7. The SMILES string of the molecule is CC(C)(O)C1Cc2cc(C(=O)O)ccc2O1. The van der Waals surface area contributed by atoms with Crippen molar-refractivity contribution in [1.29, 1.82) is 0 Å². The first-order chi connectivity index (χ1) is 7.38. The molecule has 0 fully saturated rings. The smallest absolute Gasteiger partial charge is 0.335 e. The Kier molecular flexibility index (Phi) is 2.39. The molecule has 0 saturated heterocycles. The fourth-order valence-electron chi connectivity index (χ4n) is 1.78. The molecule has 1 aromatic carbocycles. The first kappa shape index (κ1) is 11.0. The van der Waals surface area contributed by atoms with Gasteiger partial charge in [0.2, 0.25) is 0 Å². The lowest BCUT2D eigenvalue weighted by Crippen LogP contribution is -2.39. The fraction of sp³-hybridized carbons (Fsp3) is 0.417. The van der Waals surface area contributed by atoms with Gasteiger partial charge in [-0.1, -0.05) is 0 Å². The van der Waals surface area contributed by atoms with Crippen LogP contribution in [0, 0.1) is 0 Å². The van der Waals surface area contributed by atoms with Gasteiger partial charge in [0.05, 0.1) is 11.2 Å². The Morgan fingerprint density at radius 2 is 2.19 bits per heavy atom. The van der Waals surface area contributed by atoms with Crippen LogP contribution in [0.5, 0.6) is 5.75 Å². The van der Waals surface area contributed by atoms with E-state index < -0.39 is 11.6 Å². The Hall–Kier alpha value is -1.55. The lowest BCUT2D eigenvalue weighted by atomic mass is 9.97. The number of fused-ring (bicyclic) bond motifs is 1. The molecule has 86 valence electrons. The quantitative estimate of drug-likeness (QED) is 0.795. The summed E-state index contributed by atoms with van der Waals surface area (Å²) in [4.78, 5) is 10.8. The van der Waals surface area contributed by atoms with Gasteiger partial charge in [0.1, 0.15) is 11.9 Å². The highest BCUT2D eigenvalue weighted by molar-refractivity contribution is 5.88. The van der Waals surface area contributed by atoms with Crippen molar-refractivity contribution in [3.8, 4) is 5.75 Å². The second-order valence-corrected chi connectivity index (χ2v) is 4.59. The maximum absolute atomic E-state index is 10.8. The summed E-state index contributed by atoms with van der Waals surface area (Å²) in [6.07, 6.45) is 0.228. The van der Waals surface area contributed by atoms with Crippen LogP contribution in [0.4, 0.5) is 0 Å². The third-order valence-electron chi connectivity index (χ3n) is 2.77. The number of aromatic carboxylic acids is 1. The molecular weight excluding hydrogens is 208 g/mol. The zero-order chi connectivity index (χ0) is 11.9. The van der Waals surface area contributed by atoms with Gasteiger partial charge < -0.3 is 14.9 Å². The molecule has 0 aromatic heterocycles. The minimum atomic E-state index is -0.950. The molecule has 1 aromatic rings. The van der Waals surface area contributed by atoms with E-state index in [1.807, 2.05) is 0 Å². The van der Waals surface area contributed by atoms with Crippen LogP contribution in [0.3, 0.4) is 0 Å². The molecule has 4 heteroatoms. The molecular formula is C12H14O4. The van der Waals surface area contributed by atoms with Crippen LogP contribution < -0.4 is 4.74 Å². The van der Waals surface area contributed by atoms with Crippen molar-refractivity contribution < 1.29 is 19.7 Å². The first-order valence-electron chi connectivity index (χ1n) is 5.13. The van der Waals surface area contributed by atoms with Crippen LogP contribution in [0.2, 0.25) is 0 Å². The van der Waals surface area contributed by atoms with Gasteiger partial charge in [-0.2, -0.15) is 0 Å². The molecule has 0 saturated carbocycles. The molecule has 0 spiro atoms. The molecule has 1 heterocycles. The lowest BCUT2D eigenvalue weighted by molar-refractivity contribution is -0.0229. The summed E-state index contributed by atoms with van der Waals surface area (Å²) >= 11 is 0. The monoisotopic (exact) mass is 222 g/mol. The third-order valence-corrected chi connectivity index (χ3v) is 2.77. The van der Waals surface area contributed by atoms with E-state index in [0.717, 1.165) is 5.56 Å². The van der Waals surface area contributed by atoms with Gasteiger partial charge in [-0.15, -0.1) is 0 Å². The van der Waals surface area contributed by atoms with Crippen LogP contribution in [-0.4, -0.2) is 27.9 Å². The largest absolute Gasteiger partial charge is 0.487 e. The average molecular weight is 222 g/mol. The normalized spacial score (nSPS) is 19.1. The predicted octanol–water partition coefficient (Wildman–Crippen LogP) is 1.46. The molecule has 0 aliphatic carbocycles. The summed E-state index contributed by atoms with van der Waals surface area (Å²) in [5.74, 6) is -0.286. The van der Waals surface area contributed by atoms with Crippen molar-refractivity contribution >= 4 is 5.97 Å². The second-order valence-electron chi connectivity index (χ2n) is 4.59. The fourth-order valence-corrected chi connectivity index (χ4v) is 1.78. The van der Waals surface area contributed by atoms with Gasteiger partial charge in [0.25, 0.3) is 0 Å². The van der Waals surface area contributed by atoms with Gasteiger partial charge in [-0.3, -0.25) is 0 Å². The van der Waals surface area contributed by atoms with Crippen molar-refractivity contribution in [2.45, 2.75) is 32.0 Å². The number of aliphatic hydroxyl groups is 1. The van der Waals surface area contributed by atoms with Crippen molar-refractivity contribution in [1.82, 2.24) is 0 Å². The number of carbonyl (C=O) groups is 1. The molecule has 2 rings (SSSR count). The highest BCUT2D eigenvalue weighted by Crippen LogP contribution is 2.33. The molecule has 1 aliphatic rings. The van der Waals surface area contributed by atoms with E-state index in [-0.39, 0.29) is 11.7 Å². The third kappa shape index (κ3) is 1.88. The van der Waals surface area contributed by atoms with Gasteiger partial charge in [0.15, 0.2) is 0 Å². The summed E-state index contributed by atoms with van der Waals surface area (Å²) < 4.78 is 5.56. The predicted molar refractivity (Wildman–Crippen MR) is 57.8 cm³/mol. The van der Waals surface area contributed by atoms with Gasteiger partial charge in [-0.25, -0.2) is 4.79 Å². The number of benzene rings is 1. The molecule has 2 N–H and O–H groups in total. The van der Waals surface area contributed by atoms with E-state index in [1.54, 1.807) is 26.0 Å². The minimum Gasteiger partial charge on any atom is -0.487 e. The number of hydrogen-bond donors (Lipinski definition) is 2. The zero-order valence-corrected chi connectivity index (χ0v) is 9.23. The molecule has 0 bridgehead atoms. The number of carboxylic acids is 1. The van der Waals surface area contributed by atoms with Crippen molar-refractivity contribution in [2.75, 3.05) is 0 Å². The molecule has 0 radical (unpaired) electrons. The van der Waals surface area contributed by atoms with E-state index in [1.165, 1.54) is 6.07 Å². The number of hydrogen-bond acceptors (Lipinski definition) is 3. The van der Waals surface area contributed by atoms with Crippen molar-refractivity contribution in [3.05, 3.63) is 29.3 Å². The Morgan fingerprint density at radius 1 is 1.50 bits per heavy atom. The maximum Gasteiger partial charge on any atom is 0.335 e. The Morgan fingerprint density at radius 3 is 2.75 bits per heavy atom. The highest BCUT2D eigenvalue weighted by atomic mass is 16.5.